The topological polar surface area (TPSA) is 87.7 Å². The zero-order chi connectivity index (χ0) is 21.5. The van der Waals surface area contributed by atoms with Crippen LogP contribution in [0.1, 0.15) is 24.8 Å². The van der Waals surface area contributed by atoms with Gasteiger partial charge in [-0.25, -0.2) is 0 Å². The van der Waals surface area contributed by atoms with E-state index in [4.69, 9.17) is 27.9 Å². The normalized spacial score (nSPS) is 12.7. The van der Waals surface area contributed by atoms with E-state index in [1.54, 1.807) is 17.0 Å². The summed E-state index contributed by atoms with van der Waals surface area (Å²) >= 11 is 11.8. The Morgan fingerprint density at radius 3 is 2.57 bits per heavy atom. The zero-order valence-electron chi connectivity index (χ0n) is 16.1. The number of benzene rings is 2. The molecule has 7 nitrogen and oxygen atoms in total. The maximum atomic E-state index is 12.5. The molecule has 3 amide bonds. The first-order valence-corrected chi connectivity index (χ1v) is 10.2. The van der Waals surface area contributed by atoms with Crippen molar-refractivity contribution in [3.8, 4) is 5.75 Å². The van der Waals surface area contributed by atoms with Gasteiger partial charge in [-0.2, -0.15) is 0 Å². The molecule has 30 heavy (non-hydrogen) atoms. The number of hydrazine groups is 1. The van der Waals surface area contributed by atoms with Gasteiger partial charge in [0.1, 0.15) is 5.75 Å². The van der Waals surface area contributed by atoms with Gasteiger partial charge >= 0.3 is 0 Å². The second kappa shape index (κ2) is 10.3. The molecule has 0 unspecified atom stereocenters. The van der Waals surface area contributed by atoms with Gasteiger partial charge in [-0.15, -0.1) is 0 Å². The minimum atomic E-state index is -0.564. The molecule has 0 saturated heterocycles. The van der Waals surface area contributed by atoms with E-state index < -0.39 is 11.8 Å². The summed E-state index contributed by atoms with van der Waals surface area (Å²) in [6, 6.07) is 12.4. The van der Waals surface area contributed by atoms with Crippen molar-refractivity contribution in [3.63, 3.8) is 0 Å². The molecule has 2 aromatic rings. The van der Waals surface area contributed by atoms with Gasteiger partial charge in [0.2, 0.25) is 11.8 Å². The molecule has 9 heteroatoms. The van der Waals surface area contributed by atoms with Gasteiger partial charge in [-0.3, -0.25) is 25.2 Å². The van der Waals surface area contributed by atoms with Crippen molar-refractivity contribution in [2.24, 2.45) is 0 Å². The molecule has 1 aliphatic heterocycles. The molecule has 0 atom stereocenters. The SMILES string of the molecule is O=C(CCC(=O)N1CCCc2ccccc21)NNC(=O)COc1ccc(Cl)cc1Cl. The van der Waals surface area contributed by atoms with Crippen LogP contribution in [0, 0.1) is 0 Å². The Labute approximate surface area is 184 Å². The summed E-state index contributed by atoms with van der Waals surface area (Å²) in [4.78, 5) is 38.1. The van der Waals surface area contributed by atoms with Crippen molar-refractivity contribution in [2.75, 3.05) is 18.1 Å². The molecule has 1 heterocycles. The lowest BCUT2D eigenvalue weighted by atomic mass is 10.0. The van der Waals surface area contributed by atoms with Gasteiger partial charge < -0.3 is 9.64 Å². The molecule has 2 aromatic carbocycles. The van der Waals surface area contributed by atoms with Crippen LogP contribution >= 0.6 is 23.2 Å². The summed E-state index contributed by atoms with van der Waals surface area (Å²) in [5.41, 5.74) is 6.56. The number of ether oxygens (including phenoxy) is 1. The summed E-state index contributed by atoms with van der Waals surface area (Å²) in [6.07, 6.45) is 1.84. The third-order valence-corrected chi connectivity index (χ3v) is 5.10. The number of para-hydroxylation sites is 1. The molecule has 0 saturated carbocycles. The summed E-state index contributed by atoms with van der Waals surface area (Å²) in [5, 5.41) is 0.726. The lowest BCUT2D eigenvalue weighted by molar-refractivity contribution is -0.130. The first-order chi connectivity index (χ1) is 14.4. The highest BCUT2D eigenvalue weighted by molar-refractivity contribution is 6.35. The molecule has 0 fully saturated rings. The minimum absolute atomic E-state index is 0.0400. The highest BCUT2D eigenvalue weighted by Gasteiger charge is 2.22. The fourth-order valence-electron chi connectivity index (χ4n) is 3.12. The second-order valence-corrected chi connectivity index (χ2v) is 7.58. The molecule has 158 valence electrons. The molecular weight excluding hydrogens is 429 g/mol. The molecule has 0 aliphatic carbocycles. The van der Waals surface area contributed by atoms with Crippen molar-refractivity contribution in [1.82, 2.24) is 10.9 Å². The van der Waals surface area contributed by atoms with Crippen molar-refractivity contribution in [2.45, 2.75) is 25.7 Å². The summed E-state index contributed by atoms with van der Waals surface area (Å²) in [7, 11) is 0. The van der Waals surface area contributed by atoms with Gasteiger partial charge in [-0.05, 0) is 42.7 Å². The largest absolute Gasteiger partial charge is 0.482 e. The predicted molar refractivity (Wildman–Crippen MR) is 115 cm³/mol. The van der Waals surface area contributed by atoms with Crippen molar-refractivity contribution in [1.29, 1.82) is 0 Å². The average Bonchev–Trinajstić information content (AvgIpc) is 2.75. The van der Waals surface area contributed by atoms with Crippen molar-refractivity contribution in [3.05, 3.63) is 58.1 Å². The number of hydrogen-bond acceptors (Lipinski definition) is 4. The van der Waals surface area contributed by atoms with E-state index in [9.17, 15) is 14.4 Å². The molecule has 0 spiro atoms. The third-order valence-electron chi connectivity index (χ3n) is 4.57. The average molecular weight is 450 g/mol. The van der Waals surface area contributed by atoms with E-state index in [0.29, 0.717) is 17.3 Å². The van der Waals surface area contributed by atoms with Crippen LogP contribution in [0.2, 0.25) is 10.0 Å². The quantitative estimate of drug-likeness (QED) is 0.662. The van der Waals surface area contributed by atoms with Crippen LogP contribution in [0.4, 0.5) is 5.69 Å². The first kappa shape index (κ1) is 21.9. The van der Waals surface area contributed by atoms with Gasteiger partial charge in [0.25, 0.3) is 5.91 Å². The number of nitrogens with zero attached hydrogens (tertiary/aromatic N) is 1. The predicted octanol–water partition coefficient (Wildman–Crippen LogP) is 3.28. The Morgan fingerprint density at radius 1 is 1.00 bits per heavy atom. The highest BCUT2D eigenvalue weighted by atomic mass is 35.5. The number of amides is 3. The number of carbonyl (C=O) groups is 3. The lowest BCUT2D eigenvalue weighted by Gasteiger charge is -2.29. The molecule has 0 radical (unpaired) electrons. The Morgan fingerprint density at radius 2 is 1.77 bits per heavy atom. The maximum Gasteiger partial charge on any atom is 0.276 e. The molecule has 0 aromatic heterocycles. The molecule has 0 bridgehead atoms. The van der Waals surface area contributed by atoms with E-state index in [2.05, 4.69) is 10.9 Å². The van der Waals surface area contributed by atoms with Crippen LogP contribution < -0.4 is 20.5 Å². The smallest absolute Gasteiger partial charge is 0.276 e. The van der Waals surface area contributed by atoms with E-state index in [1.807, 2.05) is 24.3 Å². The number of fused-ring (bicyclic) bond motifs is 1. The Balaban J connectivity index is 1.39. The van der Waals surface area contributed by atoms with Gasteiger partial charge in [-0.1, -0.05) is 41.4 Å². The molecule has 3 rings (SSSR count). The van der Waals surface area contributed by atoms with E-state index in [-0.39, 0.29) is 30.4 Å². The Hall–Kier alpha value is -2.77. The fourth-order valence-corrected chi connectivity index (χ4v) is 3.58. The number of rotatable bonds is 6. The van der Waals surface area contributed by atoms with Crippen LogP contribution in [0.25, 0.3) is 0 Å². The van der Waals surface area contributed by atoms with E-state index in [0.717, 1.165) is 24.1 Å². The van der Waals surface area contributed by atoms with Gasteiger partial charge in [0.05, 0.1) is 5.02 Å². The Kier molecular flexibility index (Phi) is 7.54. The number of anilines is 1. The zero-order valence-corrected chi connectivity index (χ0v) is 17.6. The van der Waals surface area contributed by atoms with Crippen LogP contribution in [0.15, 0.2) is 42.5 Å². The molecule has 1 aliphatic rings. The van der Waals surface area contributed by atoms with Crippen LogP contribution in [-0.2, 0) is 20.8 Å². The monoisotopic (exact) mass is 449 g/mol. The van der Waals surface area contributed by atoms with Crippen LogP contribution in [0.3, 0.4) is 0 Å². The lowest BCUT2D eigenvalue weighted by Crippen LogP contribution is -2.44. The van der Waals surface area contributed by atoms with E-state index >= 15 is 0 Å². The maximum absolute atomic E-state index is 12.5. The fraction of sp³-hybridized carbons (Fsp3) is 0.286. The standard InChI is InChI=1S/C21H21Cl2N3O4/c22-15-7-8-18(16(23)12-15)30-13-20(28)25-24-19(27)9-10-21(29)26-11-3-5-14-4-1-2-6-17(14)26/h1-2,4,6-8,12H,3,5,9-11,13H2,(H,24,27)(H,25,28). The number of hydrogen-bond donors (Lipinski definition) is 2. The number of carbonyl (C=O) groups excluding carboxylic acids is 3. The molecular formula is C21H21Cl2N3O4. The number of nitrogens with one attached hydrogen (secondary N) is 2. The van der Waals surface area contributed by atoms with Crippen LogP contribution in [0.5, 0.6) is 5.75 Å². The minimum Gasteiger partial charge on any atom is -0.482 e. The molecule has 2 N–H and O–H groups in total. The van der Waals surface area contributed by atoms with E-state index in [1.165, 1.54) is 6.07 Å². The summed E-state index contributed by atoms with van der Waals surface area (Å²) in [6.45, 7) is 0.296. The summed E-state index contributed by atoms with van der Waals surface area (Å²) in [5.74, 6) is -0.850. The third kappa shape index (κ3) is 5.87. The van der Waals surface area contributed by atoms with Gasteiger partial charge in [0.15, 0.2) is 6.61 Å². The first-order valence-electron chi connectivity index (χ1n) is 9.48. The number of aryl methyl sites for hydroxylation is 1. The van der Waals surface area contributed by atoms with Crippen LogP contribution in [-0.4, -0.2) is 30.9 Å². The summed E-state index contributed by atoms with van der Waals surface area (Å²) < 4.78 is 5.28. The van der Waals surface area contributed by atoms with Crippen molar-refractivity contribution < 1.29 is 19.1 Å². The Bertz CT molecular complexity index is 952. The van der Waals surface area contributed by atoms with Crippen molar-refractivity contribution >= 4 is 46.6 Å². The second-order valence-electron chi connectivity index (χ2n) is 6.74. The van der Waals surface area contributed by atoms with Gasteiger partial charge in [0, 0.05) is 30.1 Å². The number of halogens is 2. The highest BCUT2D eigenvalue weighted by Crippen LogP contribution is 2.28.